The van der Waals surface area contributed by atoms with Crippen molar-refractivity contribution in [2.24, 2.45) is 0 Å². The normalized spacial score (nSPS) is 19.5. The van der Waals surface area contributed by atoms with Crippen molar-refractivity contribution in [3.63, 3.8) is 0 Å². The highest BCUT2D eigenvalue weighted by Gasteiger charge is 2.25. The number of ether oxygens (including phenoxy) is 3. The first-order chi connectivity index (χ1) is 13.4. The molecular formula is C21H20Cl2O5. The number of esters is 1. The van der Waals surface area contributed by atoms with Gasteiger partial charge in [-0.1, -0.05) is 41.4 Å². The van der Waals surface area contributed by atoms with Gasteiger partial charge < -0.3 is 19.3 Å². The van der Waals surface area contributed by atoms with E-state index in [1.807, 2.05) is 24.3 Å². The molecule has 3 rings (SSSR count). The molecule has 0 bridgehead atoms. The molecule has 2 atom stereocenters. The van der Waals surface area contributed by atoms with Crippen LogP contribution in [-0.2, 0) is 16.1 Å². The number of halogens is 2. The summed E-state index contributed by atoms with van der Waals surface area (Å²) < 4.78 is 16.3. The van der Waals surface area contributed by atoms with E-state index in [1.165, 1.54) is 0 Å². The van der Waals surface area contributed by atoms with Crippen LogP contribution >= 0.6 is 23.2 Å². The standard InChI is InChI=1S/C21H20Cl2O5/c1-26-16-4-2-13(3-5-16)12-27-20-9-14(22)8-19(23)18(20)7-6-17-10-15(24)11-21(25)28-17/h2-9,15,17,24H,10-12H2,1H3/b7-6+/t15-,17-/m1/s1. The topological polar surface area (TPSA) is 65.0 Å². The van der Waals surface area contributed by atoms with E-state index >= 15 is 0 Å². The van der Waals surface area contributed by atoms with Crippen LogP contribution in [0.1, 0.15) is 24.0 Å². The first-order valence-electron chi connectivity index (χ1n) is 8.75. The summed E-state index contributed by atoms with van der Waals surface area (Å²) in [5.74, 6) is 0.848. The Bertz CT molecular complexity index is 864. The Morgan fingerprint density at radius 2 is 2.00 bits per heavy atom. The molecular weight excluding hydrogens is 403 g/mol. The molecule has 1 fully saturated rings. The summed E-state index contributed by atoms with van der Waals surface area (Å²) in [5, 5.41) is 10.6. The van der Waals surface area contributed by atoms with Gasteiger partial charge >= 0.3 is 5.97 Å². The zero-order valence-corrected chi connectivity index (χ0v) is 16.7. The van der Waals surface area contributed by atoms with Crippen molar-refractivity contribution in [3.8, 4) is 11.5 Å². The lowest BCUT2D eigenvalue weighted by Gasteiger charge is -2.23. The van der Waals surface area contributed by atoms with Gasteiger partial charge in [-0.15, -0.1) is 0 Å². The number of rotatable bonds is 6. The summed E-state index contributed by atoms with van der Waals surface area (Å²) in [7, 11) is 1.61. The molecule has 0 unspecified atom stereocenters. The second kappa shape index (κ2) is 9.32. The van der Waals surface area contributed by atoms with Gasteiger partial charge in [0.1, 0.15) is 24.2 Å². The van der Waals surface area contributed by atoms with Gasteiger partial charge in [0.2, 0.25) is 0 Å². The molecule has 1 N–H and O–H groups in total. The van der Waals surface area contributed by atoms with Crippen LogP contribution in [0.2, 0.25) is 10.0 Å². The van der Waals surface area contributed by atoms with Gasteiger partial charge in [0.25, 0.3) is 0 Å². The Morgan fingerprint density at radius 3 is 2.68 bits per heavy atom. The fourth-order valence-electron chi connectivity index (χ4n) is 2.86. The minimum atomic E-state index is -0.706. The zero-order chi connectivity index (χ0) is 20.1. The zero-order valence-electron chi connectivity index (χ0n) is 15.2. The molecule has 2 aromatic carbocycles. The number of aliphatic hydroxyl groups excluding tert-OH is 1. The highest BCUT2D eigenvalue weighted by Crippen LogP contribution is 2.33. The molecule has 1 aliphatic heterocycles. The van der Waals surface area contributed by atoms with E-state index in [0.29, 0.717) is 34.4 Å². The number of hydrogen-bond acceptors (Lipinski definition) is 5. The Labute approximate surface area is 173 Å². The van der Waals surface area contributed by atoms with Crippen LogP contribution in [0, 0.1) is 0 Å². The molecule has 1 saturated heterocycles. The van der Waals surface area contributed by atoms with Crippen molar-refractivity contribution in [1.29, 1.82) is 0 Å². The van der Waals surface area contributed by atoms with Crippen LogP contribution in [0.3, 0.4) is 0 Å². The van der Waals surface area contributed by atoms with Gasteiger partial charge in [0, 0.05) is 17.0 Å². The number of cyclic esters (lactones) is 1. The summed E-state index contributed by atoms with van der Waals surface area (Å²) in [6.45, 7) is 0.318. The van der Waals surface area contributed by atoms with Crippen molar-refractivity contribution < 1.29 is 24.1 Å². The van der Waals surface area contributed by atoms with Crippen molar-refractivity contribution in [3.05, 3.63) is 63.6 Å². The lowest BCUT2D eigenvalue weighted by Crippen LogP contribution is -2.31. The van der Waals surface area contributed by atoms with Gasteiger partial charge in [-0.05, 0) is 35.9 Å². The van der Waals surface area contributed by atoms with Crippen LogP contribution in [0.5, 0.6) is 11.5 Å². The number of carbonyl (C=O) groups is 1. The fraction of sp³-hybridized carbons (Fsp3) is 0.286. The van der Waals surface area contributed by atoms with Gasteiger partial charge in [0.15, 0.2) is 0 Å². The molecule has 1 aliphatic rings. The third-order valence-corrected chi connectivity index (χ3v) is 4.81. The van der Waals surface area contributed by atoms with E-state index in [4.69, 9.17) is 37.4 Å². The predicted octanol–water partition coefficient (Wildman–Crippen LogP) is 4.66. The van der Waals surface area contributed by atoms with Crippen LogP contribution in [0.15, 0.2) is 42.5 Å². The fourth-order valence-corrected chi connectivity index (χ4v) is 3.39. The molecule has 0 amide bonds. The van der Waals surface area contributed by atoms with Crippen molar-refractivity contribution in [1.82, 2.24) is 0 Å². The van der Waals surface area contributed by atoms with Gasteiger partial charge in [-0.25, -0.2) is 0 Å². The quantitative estimate of drug-likeness (QED) is 0.685. The Kier molecular flexibility index (Phi) is 6.83. The van der Waals surface area contributed by atoms with Crippen molar-refractivity contribution in [2.75, 3.05) is 7.11 Å². The molecule has 0 saturated carbocycles. The van der Waals surface area contributed by atoms with E-state index in [1.54, 1.807) is 31.4 Å². The molecule has 148 valence electrons. The number of benzene rings is 2. The summed E-state index contributed by atoms with van der Waals surface area (Å²) in [6, 6.07) is 10.8. The minimum absolute atomic E-state index is 0.0161. The molecule has 7 heteroatoms. The van der Waals surface area contributed by atoms with Crippen LogP contribution in [-0.4, -0.2) is 30.4 Å². The van der Waals surface area contributed by atoms with E-state index in [2.05, 4.69) is 0 Å². The maximum atomic E-state index is 11.5. The Morgan fingerprint density at radius 1 is 1.25 bits per heavy atom. The van der Waals surface area contributed by atoms with Crippen LogP contribution < -0.4 is 9.47 Å². The number of carbonyl (C=O) groups excluding carboxylic acids is 1. The lowest BCUT2D eigenvalue weighted by molar-refractivity contribution is -0.156. The summed E-state index contributed by atoms with van der Waals surface area (Å²) in [4.78, 5) is 11.5. The number of aliphatic hydroxyl groups is 1. The Hall–Kier alpha value is -2.21. The van der Waals surface area contributed by atoms with Gasteiger partial charge in [-0.2, -0.15) is 0 Å². The third-order valence-electron chi connectivity index (χ3n) is 4.28. The molecule has 28 heavy (non-hydrogen) atoms. The van der Waals surface area contributed by atoms with Gasteiger partial charge in [0.05, 0.1) is 24.7 Å². The van der Waals surface area contributed by atoms with Crippen LogP contribution in [0.4, 0.5) is 0 Å². The van der Waals surface area contributed by atoms with E-state index in [9.17, 15) is 9.90 Å². The molecule has 0 aliphatic carbocycles. The minimum Gasteiger partial charge on any atom is -0.497 e. The second-order valence-corrected chi connectivity index (χ2v) is 7.26. The molecule has 0 radical (unpaired) electrons. The average Bonchev–Trinajstić information content (AvgIpc) is 2.65. The molecule has 5 nitrogen and oxygen atoms in total. The monoisotopic (exact) mass is 422 g/mol. The third kappa shape index (κ3) is 5.41. The molecule has 1 heterocycles. The number of hydrogen-bond donors (Lipinski definition) is 1. The molecule has 0 spiro atoms. The number of methoxy groups -OCH3 is 1. The van der Waals surface area contributed by atoms with E-state index < -0.39 is 18.2 Å². The Balaban J connectivity index is 1.77. The summed E-state index contributed by atoms with van der Waals surface area (Å²) >= 11 is 12.5. The largest absolute Gasteiger partial charge is 0.497 e. The summed E-state index contributed by atoms with van der Waals surface area (Å²) in [6.07, 6.45) is 2.55. The van der Waals surface area contributed by atoms with E-state index in [-0.39, 0.29) is 6.42 Å². The first kappa shape index (κ1) is 20.5. The molecule has 2 aromatic rings. The smallest absolute Gasteiger partial charge is 0.309 e. The second-order valence-electron chi connectivity index (χ2n) is 6.42. The van der Waals surface area contributed by atoms with Crippen LogP contribution in [0.25, 0.3) is 6.08 Å². The highest BCUT2D eigenvalue weighted by atomic mass is 35.5. The first-order valence-corrected chi connectivity index (χ1v) is 9.50. The van der Waals surface area contributed by atoms with Crippen molar-refractivity contribution >= 4 is 35.2 Å². The predicted molar refractivity (Wildman–Crippen MR) is 108 cm³/mol. The van der Waals surface area contributed by atoms with Crippen molar-refractivity contribution in [2.45, 2.75) is 31.7 Å². The SMILES string of the molecule is COc1ccc(COc2cc(Cl)cc(Cl)c2/C=C/[C@@H]2C[C@@H](O)CC(=O)O2)cc1. The lowest BCUT2D eigenvalue weighted by atomic mass is 10.0. The van der Waals surface area contributed by atoms with Gasteiger partial charge in [-0.3, -0.25) is 4.79 Å². The maximum absolute atomic E-state index is 11.5. The summed E-state index contributed by atoms with van der Waals surface area (Å²) in [5.41, 5.74) is 1.58. The molecule has 0 aromatic heterocycles. The van der Waals surface area contributed by atoms with E-state index in [0.717, 1.165) is 11.3 Å². The maximum Gasteiger partial charge on any atom is 0.309 e. The average molecular weight is 423 g/mol. The highest BCUT2D eigenvalue weighted by molar-refractivity contribution is 6.35.